The molecule has 1 nitrogen and oxygen atoms in total. The average Bonchev–Trinajstić information content (AvgIpc) is 2.40. The first-order valence-corrected chi connectivity index (χ1v) is 7.61. The van der Waals surface area contributed by atoms with Crippen molar-refractivity contribution < 1.29 is 0 Å². The molecule has 1 spiro atoms. The Balaban J connectivity index is 1.75. The van der Waals surface area contributed by atoms with E-state index < -0.39 is 0 Å². The van der Waals surface area contributed by atoms with Gasteiger partial charge in [0.25, 0.3) is 0 Å². The van der Waals surface area contributed by atoms with Gasteiger partial charge >= 0.3 is 0 Å². The molecule has 0 bridgehead atoms. The molecule has 0 amide bonds. The lowest BCUT2D eigenvalue weighted by Crippen LogP contribution is -2.50. The highest BCUT2D eigenvalue weighted by Gasteiger charge is 2.46. The summed E-state index contributed by atoms with van der Waals surface area (Å²) in [5, 5.41) is 4.64. The molecule has 2 aliphatic carbocycles. The SMILES string of the molecule is Cc1c(Cl)cccc1NC1CCC12CCCCC2. The molecule has 0 aliphatic heterocycles. The van der Waals surface area contributed by atoms with Crippen LogP contribution in [0.4, 0.5) is 5.69 Å². The molecule has 0 radical (unpaired) electrons. The van der Waals surface area contributed by atoms with E-state index in [9.17, 15) is 0 Å². The number of anilines is 1. The summed E-state index contributed by atoms with van der Waals surface area (Å²) in [7, 11) is 0. The number of hydrogen-bond acceptors (Lipinski definition) is 1. The van der Waals surface area contributed by atoms with Gasteiger partial charge in [-0.15, -0.1) is 0 Å². The molecular weight excluding hydrogens is 242 g/mol. The number of rotatable bonds is 2. The van der Waals surface area contributed by atoms with E-state index in [-0.39, 0.29) is 0 Å². The summed E-state index contributed by atoms with van der Waals surface area (Å²) < 4.78 is 0. The maximum atomic E-state index is 6.20. The minimum Gasteiger partial charge on any atom is -0.381 e. The van der Waals surface area contributed by atoms with Crippen molar-refractivity contribution in [3.8, 4) is 0 Å². The second-order valence-corrected chi connectivity index (χ2v) is 6.48. The minimum absolute atomic E-state index is 0.604. The summed E-state index contributed by atoms with van der Waals surface area (Å²) in [4.78, 5) is 0. The Morgan fingerprint density at radius 1 is 1.17 bits per heavy atom. The zero-order chi connectivity index (χ0) is 12.6. The molecule has 1 aromatic rings. The Morgan fingerprint density at radius 3 is 2.61 bits per heavy atom. The lowest BCUT2D eigenvalue weighted by Gasteiger charge is -2.53. The van der Waals surface area contributed by atoms with Crippen molar-refractivity contribution in [1.82, 2.24) is 0 Å². The first kappa shape index (κ1) is 12.3. The molecule has 1 aromatic carbocycles. The Labute approximate surface area is 115 Å². The van der Waals surface area contributed by atoms with Crippen LogP contribution in [0.25, 0.3) is 0 Å². The molecule has 0 heterocycles. The van der Waals surface area contributed by atoms with E-state index in [1.165, 1.54) is 56.2 Å². The third-order valence-electron chi connectivity index (χ3n) is 5.12. The molecule has 0 saturated heterocycles. The van der Waals surface area contributed by atoms with E-state index in [0.717, 1.165) is 5.02 Å². The Bertz CT molecular complexity index is 435. The third-order valence-corrected chi connectivity index (χ3v) is 5.53. The van der Waals surface area contributed by atoms with Gasteiger partial charge in [0, 0.05) is 16.8 Å². The standard InChI is InChI=1S/C16H22ClN/c1-12-13(17)6-5-7-14(12)18-15-8-11-16(15)9-3-2-4-10-16/h5-7,15,18H,2-4,8-11H2,1H3. The molecular formula is C16H22ClN. The van der Waals surface area contributed by atoms with Crippen LogP contribution in [-0.2, 0) is 0 Å². The molecule has 1 atom stereocenters. The molecule has 0 aromatic heterocycles. The zero-order valence-electron chi connectivity index (χ0n) is 11.1. The molecule has 98 valence electrons. The van der Waals surface area contributed by atoms with Gasteiger partial charge in [0.15, 0.2) is 0 Å². The van der Waals surface area contributed by atoms with E-state index in [2.05, 4.69) is 18.3 Å². The van der Waals surface area contributed by atoms with Crippen LogP contribution in [0.3, 0.4) is 0 Å². The summed E-state index contributed by atoms with van der Waals surface area (Å²) in [6, 6.07) is 6.86. The van der Waals surface area contributed by atoms with Gasteiger partial charge in [-0.2, -0.15) is 0 Å². The Kier molecular flexibility index (Phi) is 3.27. The fourth-order valence-corrected chi connectivity index (χ4v) is 3.90. The van der Waals surface area contributed by atoms with Gasteiger partial charge in [-0.1, -0.05) is 36.9 Å². The fourth-order valence-electron chi connectivity index (χ4n) is 3.73. The van der Waals surface area contributed by atoms with E-state index in [1.54, 1.807) is 0 Å². The first-order chi connectivity index (χ1) is 8.71. The van der Waals surface area contributed by atoms with Gasteiger partial charge in [0.05, 0.1) is 0 Å². The van der Waals surface area contributed by atoms with Gasteiger partial charge in [0.2, 0.25) is 0 Å². The van der Waals surface area contributed by atoms with Crippen molar-refractivity contribution >= 4 is 17.3 Å². The van der Waals surface area contributed by atoms with Crippen LogP contribution < -0.4 is 5.32 Å². The summed E-state index contributed by atoms with van der Waals surface area (Å²) in [5.74, 6) is 0. The van der Waals surface area contributed by atoms with Crippen molar-refractivity contribution in [2.75, 3.05) is 5.32 Å². The summed E-state index contributed by atoms with van der Waals surface area (Å²) >= 11 is 6.20. The van der Waals surface area contributed by atoms with Crippen LogP contribution in [0.15, 0.2) is 18.2 Å². The van der Waals surface area contributed by atoms with Crippen LogP contribution in [0, 0.1) is 12.3 Å². The monoisotopic (exact) mass is 263 g/mol. The highest BCUT2D eigenvalue weighted by Crippen LogP contribution is 2.52. The van der Waals surface area contributed by atoms with Gasteiger partial charge in [-0.25, -0.2) is 0 Å². The molecule has 18 heavy (non-hydrogen) atoms. The summed E-state index contributed by atoms with van der Waals surface area (Å²) in [5.41, 5.74) is 3.03. The molecule has 2 heteroatoms. The molecule has 1 unspecified atom stereocenters. The van der Waals surface area contributed by atoms with Crippen molar-refractivity contribution in [2.24, 2.45) is 5.41 Å². The van der Waals surface area contributed by atoms with Crippen LogP contribution in [0.5, 0.6) is 0 Å². The van der Waals surface area contributed by atoms with Crippen LogP contribution in [-0.4, -0.2) is 6.04 Å². The number of benzene rings is 1. The fraction of sp³-hybridized carbons (Fsp3) is 0.625. The van der Waals surface area contributed by atoms with Gasteiger partial charge < -0.3 is 5.32 Å². The minimum atomic E-state index is 0.604. The lowest BCUT2D eigenvalue weighted by atomic mass is 9.57. The highest BCUT2D eigenvalue weighted by molar-refractivity contribution is 6.31. The zero-order valence-corrected chi connectivity index (χ0v) is 11.9. The quantitative estimate of drug-likeness (QED) is 0.776. The number of nitrogens with one attached hydrogen (secondary N) is 1. The predicted molar refractivity (Wildman–Crippen MR) is 78.4 cm³/mol. The Morgan fingerprint density at radius 2 is 1.94 bits per heavy atom. The smallest absolute Gasteiger partial charge is 0.0455 e. The van der Waals surface area contributed by atoms with Gasteiger partial charge in [-0.3, -0.25) is 0 Å². The molecule has 2 fully saturated rings. The van der Waals surface area contributed by atoms with Crippen LogP contribution in [0.2, 0.25) is 5.02 Å². The van der Waals surface area contributed by atoms with E-state index in [1.807, 2.05) is 12.1 Å². The Hall–Kier alpha value is -0.690. The van der Waals surface area contributed by atoms with Crippen LogP contribution in [0.1, 0.15) is 50.5 Å². The van der Waals surface area contributed by atoms with Gasteiger partial charge in [0.1, 0.15) is 0 Å². The summed E-state index contributed by atoms with van der Waals surface area (Å²) in [6.45, 7) is 2.11. The first-order valence-electron chi connectivity index (χ1n) is 7.23. The lowest BCUT2D eigenvalue weighted by molar-refractivity contribution is 0.0571. The average molecular weight is 264 g/mol. The van der Waals surface area contributed by atoms with Crippen molar-refractivity contribution in [3.05, 3.63) is 28.8 Å². The van der Waals surface area contributed by atoms with E-state index >= 15 is 0 Å². The molecule has 1 N–H and O–H groups in total. The highest BCUT2D eigenvalue weighted by atomic mass is 35.5. The number of halogens is 1. The van der Waals surface area contributed by atoms with E-state index in [4.69, 9.17) is 11.6 Å². The second-order valence-electron chi connectivity index (χ2n) is 6.07. The number of hydrogen-bond donors (Lipinski definition) is 1. The second kappa shape index (κ2) is 4.77. The third kappa shape index (κ3) is 2.03. The van der Waals surface area contributed by atoms with E-state index in [0.29, 0.717) is 11.5 Å². The topological polar surface area (TPSA) is 12.0 Å². The maximum Gasteiger partial charge on any atom is 0.0455 e. The molecule has 2 aliphatic rings. The van der Waals surface area contributed by atoms with Gasteiger partial charge in [-0.05, 0) is 55.7 Å². The molecule has 3 rings (SSSR count). The maximum absolute atomic E-state index is 6.20. The normalized spacial score (nSPS) is 25.8. The summed E-state index contributed by atoms with van der Waals surface area (Å²) in [6.07, 6.45) is 9.87. The van der Waals surface area contributed by atoms with Crippen molar-refractivity contribution in [2.45, 2.75) is 57.9 Å². The predicted octanol–water partition coefficient (Wildman–Crippen LogP) is 5.17. The molecule has 2 saturated carbocycles. The van der Waals surface area contributed by atoms with Crippen LogP contribution >= 0.6 is 11.6 Å². The van der Waals surface area contributed by atoms with Crippen molar-refractivity contribution in [3.63, 3.8) is 0 Å². The largest absolute Gasteiger partial charge is 0.381 e. The van der Waals surface area contributed by atoms with Crippen molar-refractivity contribution in [1.29, 1.82) is 0 Å².